The van der Waals surface area contributed by atoms with E-state index in [0.717, 1.165) is 55.4 Å². The van der Waals surface area contributed by atoms with Gasteiger partial charge in [0.1, 0.15) is 5.82 Å². The van der Waals surface area contributed by atoms with Crippen molar-refractivity contribution in [2.75, 3.05) is 13.1 Å². The predicted octanol–water partition coefficient (Wildman–Crippen LogP) is 2.33. The SMILES string of the molecule is Cc1ncc2c(n1)C1(CCCN(Cc3cc(=O)n4ccsc4n3)C1)CC2. The number of aromatic nitrogens is 4. The Balaban J connectivity index is 1.43. The third kappa shape index (κ3) is 2.57. The largest absolute Gasteiger partial charge is 0.297 e. The molecule has 1 atom stereocenters. The summed E-state index contributed by atoms with van der Waals surface area (Å²) in [6.07, 6.45) is 8.36. The van der Waals surface area contributed by atoms with Crippen molar-refractivity contribution in [3.63, 3.8) is 0 Å². The first-order valence-electron chi connectivity index (χ1n) is 9.14. The van der Waals surface area contributed by atoms with E-state index in [0.29, 0.717) is 0 Å². The van der Waals surface area contributed by atoms with Crippen LogP contribution >= 0.6 is 11.3 Å². The fourth-order valence-corrected chi connectivity index (χ4v) is 5.33. The molecule has 3 aromatic heterocycles. The van der Waals surface area contributed by atoms with Crippen LogP contribution in [0.3, 0.4) is 0 Å². The molecule has 1 fully saturated rings. The summed E-state index contributed by atoms with van der Waals surface area (Å²) < 4.78 is 1.61. The highest BCUT2D eigenvalue weighted by Gasteiger charge is 2.43. The quantitative estimate of drug-likeness (QED) is 0.696. The molecule has 0 N–H and O–H groups in total. The summed E-state index contributed by atoms with van der Waals surface area (Å²) in [6.45, 7) is 4.74. The zero-order chi connectivity index (χ0) is 17.7. The minimum absolute atomic E-state index is 0.00699. The van der Waals surface area contributed by atoms with Gasteiger partial charge in [0.2, 0.25) is 0 Å². The van der Waals surface area contributed by atoms with Crippen LogP contribution in [-0.2, 0) is 18.4 Å². The topological polar surface area (TPSA) is 63.4 Å². The van der Waals surface area contributed by atoms with Gasteiger partial charge < -0.3 is 0 Å². The molecule has 0 radical (unpaired) electrons. The monoisotopic (exact) mass is 367 g/mol. The lowest BCUT2D eigenvalue weighted by atomic mass is 9.77. The average molecular weight is 367 g/mol. The van der Waals surface area contributed by atoms with Gasteiger partial charge in [-0.1, -0.05) is 0 Å². The molecule has 3 aromatic rings. The summed E-state index contributed by atoms with van der Waals surface area (Å²) in [7, 11) is 0. The zero-order valence-corrected chi connectivity index (χ0v) is 15.6. The first kappa shape index (κ1) is 16.1. The highest BCUT2D eigenvalue weighted by molar-refractivity contribution is 7.15. The van der Waals surface area contributed by atoms with Gasteiger partial charge in [-0.15, -0.1) is 11.3 Å². The summed E-state index contributed by atoms with van der Waals surface area (Å²) in [4.78, 5) is 29.3. The molecule has 1 aliphatic heterocycles. The summed E-state index contributed by atoms with van der Waals surface area (Å²) in [5.41, 5.74) is 3.59. The van der Waals surface area contributed by atoms with Crippen molar-refractivity contribution in [2.45, 2.75) is 44.6 Å². The van der Waals surface area contributed by atoms with E-state index in [4.69, 9.17) is 4.98 Å². The van der Waals surface area contributed by atoms with Gasteiger partial charge in [0.25, 0.3) is 5.56 Å². The molecule has 4 heterocycles. The molecule has 0 bridgehead atoms. The van der Waals surface area contributed by atoms with Gasteiger partial charge in [0.05, 0.1) is 11.4 Å². The summed E-state index contributed by atoms with van der Waals surface area (Å²) in [5.74, 6) is 0.861. The van der Waals surface area contributed by atoms with Gasteiger partial charge in [0.15, 0.2) is 4.96 Å². The molecule has 1 spiro atoms. The fourth-order valence-electron chi connectivity index (χ4n) is 4.59. The highest BCUT2D eigenvalue weighted by atomic mass is 32.1. The van der Waals surface area contributed by atoms with E-state index in [-0.39, 0.29) is 11.0 Å². The zero-order valence-electron chi connectivity index (χ0n) is 14.8. The predicted molar refractivity (Wildman–Crippen MR) is 101 cm³/mol. The van der Waals surface area contributed by atoms with Crippen LogP contribution in [0, 0.1) is 6.92 Å². The second kappa shape index (κ2) is 5.96. The number of likely N-dealkylation sites (tertiary alicyclic amines) is 1. The minimum Gasteiger partial charge on any atom is -0.297 e. The Morgan fingerprint density at radius 2 is 2.23 bits per heavy atom. The Bertz CT molecular complexity index is 1040. The van der Waals surface area contributed by atoms with Gasteiger partial charge in [-0.05, 0) is 44.7 Å². The number of rotatable bonds is 2. The van der Waals surface area contributed by atoms with Crippen molar-refractivity contribution in [2.24, 2.45) is 0 Å². The Morgan fingerprint density at radius 1 is 1.31 bits per heavy atom. The Labute approximate surface area is 155 Å². The van der Waals surface area contributed by atoms with E-state index in [1.165, 1.54) is 29.0 Å². The number of aryl methyl sites for hydroxylation is 2. The van der Waals surface area contributed by atoms with Crippen LogP contribution in [0.25, 0.3) is 4.96 Å². The second-order valence-corrected chi connectivity index (χ2v) is 8.40. The van der Waals surface area contributed by atoms with Crippen molar-refractivity contribution in [1.82, 2.24) is 24.3 Å². The summed E-state index contributed by atoms with van der Waals surface area (Å²) in [5, 5.41) is 1.90. The first-order valence-corrected chi connectivity index (χ1v) is 10.0. The normalized spacial score (nSPS) is 23.0. The van der Waals surface area contributed by atoms with E-state index in [9.17, 15) is 4.79 Å². The van der Waals surface area contributed by atoms with Crippen LogP contribution in [0.4, 0.5) is 0 Å². The van der Waals surface area contributed by atoms with Crippen LogP contribution in [0.5, 0.6) is 0 Å². The van der Waals surface area contributed by atoms with Crippen molar-refractivity contribution in [3.05, 3.63) is 57.0 Å². The maximum atomic E-state index is 12.2. The van der Waals surface area contributed by atoms with Gasteiger partial charge in [0, 0.05) is 42.3 Å². The molecule has 0 aromatic carbocycles. The third-order valence-corrected chi connectivity index (χ3v) is 6.51. The van der Waals surface area contributed by atoms with Gasteiger partial charge in [-0.3, -0.25) is 14.1 Å². The van der Waals surface area contributed by atoms with Crippen LogP contribution < -0.4 is 5.56 Å². The van der Waals surface area contributed by atoms with Gasteiger partial charge >= 0.3 is 0 Å². The molecule has 1 unspecified atom stereocenters. The molecule has 1 saturated heterocycles. The Kier molecular flexibility index (Phi) is 3.68. The lowest BCUT2D eigenvalue weighted by molar-refractivity contribution is 0.135. The average Bonchev–Trinajstić information content (AvgIpc) is 3.21. The minimum atomic E-state index is 0.00699. The van der Waals surface area contributed by atoms with Crippen molar-refractivity contribution in [3.8, 4) is 0 Å². The van der Waals surface area contributed by atoms with Gasteiger partial charge in [-0.25, -0.2) is 15.0 Å². The molecule has 6 nitrogen and oxygen atoms in total. The Morgan fingerprint density at radius 3 is 3.15 bits per heavy atom. The number of fused-ring (bicyclic) bond motifs is 3. The molecule has 1 aliphatic carbocycles. The van der Waals surface area contributed by atoms with Gasteiger partial charge in [-0.2, -0.15) is 0 Å². The number of thiazole rings is 1. The van der Waals surface area contributed by atoms with Crippen LogP contribution in [0.15, 0.2) is 28.6 Å². The molecular weight excluding hydrogens is 346 g/mol. The molecule has 5 rings (SSSR count). The molecule has 7 heteroatoms. The molecule has 2 aliphatic rings. The second-order valence-electron chi connectivity index (χ2n) is 7.53. The van der Waals surface area contributed by atoms with E-state index < -0.39 is 0 Å². The van der Waals surface area contributed by atoms with E-state index >= 15 is 0 Å². The highest BCUT2D eigenvalue weighted by Crippen LogP contribution is 2.43. The number of hydrogen-bond donors (Lipinski definition) is 0. The standard InChI is InChI=1S/C19H21N5OS/c1-13-20-10-14-3-5-19(17(14)21-13)4-2-6-23(12-19)11-15-9-16(25)24-7-8-26-18(24)22-15/h7-10H,2-6,11-12H2,1H3. The van der Waals surface area contributed by atoms with Crippen molar-refractivity contribution >= 4 is 16.3 Å². The molecule has 0 amide bonds. The molecular formula is C19H21N5OS. The first-order chi connectivity index (χ1) is 12.6. The smallest absolute Gasteiger partial charge is 0.258 e. The Hall–Kier alpha value is -2.12. The van der Waals surface area contributed by atoms with E-state index in [1.54, 1.807) is 16.7 Å². The number of nitrogens with zero attached hydrogens (tertiary/aromatic N) is 5. The summed E-state index contributed by atoms with van der Waals surface area (Å²) >= 11 is 1.51. The van der Waals surface area contributed by atoms with E-state index in [1.807, 2.05) is 18.5 Å². The van der Waals surface area contributed by atoms with Crippen LogP contribution in [0.1, 0.15) is 42.0 Å². The number of piperidine rings is 1. The molecule has 0 saturated carbocycles. The molecule has 26 heavy (non-hydrogen) atoms. The van der Waals surface area contributed by atoms with Crippen LogP contribution in [0.2, 0.25) is 0 Å². The van der Waals surface area contributed by atoms with Crippen molar-refractivity contribution < 1.29 is 0 Å². The van der Waals surface area contributed by atoms with Crippen molar-refractivity contribution in [1.29, 1.82) is 0 Å². The third-order valence-electron chi connectivity index (χ3n) is 5.76. The molecule has 134 valence electrons. The fraction of sp³-hybridized carbons (Fsp3) is 0.474. The maximum absolute atomic E-state index is 12.2. The summed E-state index contributed by atoms with van der Waals surface area (Å²) in [6, 6.07) is 1.68. The lowest BCUT2D eigenvalue weighted by Gasteiger charge is -2.40. The lowest BCUT2D eigenvalue weighted by Crippen LogP contribution is -2.45. The van der Waals surface area contributed by atoms with E-state index in [2.05, 4.69) is 14.9 Å². The van der Waals surface area contributed by atoms with Crippen LogP contribution in [-0.4, -0.2) is 37.3 Å². The number of hydrogen-bond acceptors (Lipinski definition) is 6. The maximum Gasteiger partial charge on any atom is 0.258 e.